The molecule has 13 nitrogen and oxygen atoms in total. The summed E-state index contributed by atoms with van der Waals surface area (Å²) in [5.41, 5.74) is -1.19. The van der Waals surface area contributed by atoms with Crippen molar-refractivity contribution in [2.24, 2.45) is 11.8 Å². The summed E-state index contributed by atoms with van der Waals surface area (Å²) in [6.07, 6.45) is -7.39. The highest BCUT2D eigenvalue weighted by Gasteiger charge is 2.77. The van der Waals surface area contributed by atoms with Crippen molar-refractivity contribution in [3.05, 3.63) is 36.1 Å². The molecule has 0 spiro atoms. The molecule has 35 heavy (non-hydrogen) atoms. The van der Waals surface area contributed by atoms with Crippen molar-refractivity contribution in [2.45, 2.75) is 54.8 Å². The molecule has 0 amide bonds. The number of esters is 1. The van der Waals surface area contributed by atoms with E-state index in [1.165, 1.54) is 12.3 Å². The van der Waals surface area contributed by atoms with Gasteiger partial charge in [-0.05, 0) is 24.3 Å². The maximum absolute atomic E-state index is 12.7. The second-order valence-electron chi connectivity index (χ2n) is 8.99. The lowest BCUT2D eigenvalue weighted by Gasteiger charge is -2.43. The number of hydrogen-bond acceptors (Lipinski definition) is 13. The summed E-state index contributed by atoms with van der Waals surface area (Å²) in [5, 5.41) is 69.0. The fourth-order valence-electron chi connectivity index (χ4n) is 5.13. The van der Waals surface area contributed by atoms with E-state index in [0.717, 1.165) is 12.1 Å². The van der Waals surface area contributed by atoms with E-state index in [2.05, 4.69) is 0 Å². The van der Waals surface area contributed by atoms with Gasteiger partial charge in [-0.15, -0.1) is 0 Å². The molecule has 192 valence electrons. The molecule has 0 aromatic heterocycles. The van der Waals surface area contributed by atoms with Crippen LogP contribution in [0.5, 0.6) is 11.5 Å². The summed E-state index contributed by atoms with van der Waals surface area (Å²) < 4.78 is 28.1. The number of aromatic hydroxyl groups is 2. The highest BCUT2D eigenvalue weighted by molar-refractivity contribution is 5.90. The number of aliphatic hydroxyl groups is 5. The first-order valence-electron chi connectivity index (χ1n) is 11.0. The maximum atomic E-state index is 12.7. The number of ether oxygens (including phenoxy) is 5. The lowest BCUT2D eigenvalue weighted by molar-refractivity contribution is -0.344. The Morgan fingerprint density at radius 3 is 2.49 bits per heavy atom. The predicted molar refractivity (Wildman–Crippen MR) is 110 cm³/mol. The molecular weight excluding hydrogens is 472 g/mol. The Labute approximate surface area is 198 Å². The van der Waals surface area contributed by atoms with E-state index >= 15 is 0 Å². The van der Waals surface area contributed by atoms with Gasteiger partial charge in [-0.2, -0.15) is 0 Å². The van der Waals surface area contributed by atoms with Crippen LogP contribution >= 0.6 is 0 Å². The lowest BCUT2D eigenvalue weighted by atomic mass is 9.85. The topological polar surface area (TPSA) is 208 Å². The minimum absolute atomic E-state index is 0.0100. The quantitative estimate of drug-likeness (QED) is 0.125. The van der Waals surface area contributed by atoms with E-state index in [0.29, 0.717) is 0 Å². The molecule has 1 aliphatic carbocycles. The number of phenols is 2. The second-order valence-corrected chi connectivity index (χ2v) is 8.99. The van der Waals surface area contributed by atoms with Crippen molar-refractivity contribution in [3.8, 4) is 11.5 Å². The van der Waals surface area contributed by atoms with E-state index in [9.17, 15) is 40.5 Å². The Bertz CT molecular complexity index is 998. The van der Waals surface area contributed by atoms with Crippen molar-refractivity contribution < 1.29 is 64.2 Å². The lowest BCUT2D eigenvalue weighted by Crippen LogP contribution is -2.60. The van der Waals surface area contributed by atoms with Crippen LogP contribution in [0.4, 0.5) is 0 Å². The number of aliphatic hydroxyl groups excluding tert-OH is 5. The molecule has 1 saturated carbocycles. The van der Waals surface area contributed by atoms with E-state index in [-0.39, 0.29) is 5.56 Å². The van der Waals surface area contributed by atoms with Crippen LogP contribution in [0.2, 0.25) is 0 Å². The van der Waals surface area contributed by atoms with Gasteiger partial charge < -0.3 is 59.4 Å². The first-order chi connectivity index (χ1) is 16.7. The Balaban J connectivity index is 1.35. The third-order valence-corrected chi connectivity index (χ3v) is 7.05. The van der Waals surface area contributed by atoms with Crippen LogP contribution in [0, 0.1) is 11.8 Å². The van der Waals surface area contributed by atoms with Crippen molar-refractivity contribution in [3.63, 3.8) is 0 Å². The normalized spacial score (nSPS) is 43.7. The van der Waals surface area contributed by atoms with E-state index < -0.39 is 97.3 Å². The summed E-state index contributed by atoms with van der Waals surface area (Å²) in [5.74, 6) is -2.94. The zero-order valence-electron chi connectivity index (χ0n) is 18.2. The number of rotatable bonds is 6. The van der Waals surface area contributed by atoms with E-state index in [4.69, 9.17) is 23.7 Å². The molecule has 11 atom stereocenters. The second kappa shape index (κ2) is 8.87. The van der Waals surface area contributed by atoms with Gasteiger partial charge in [-0.25, -0.2) is 4.79 Å². The molecule has 4 aliphatic rings. The van der Waals surface area contributed by atoms with Gasteiger partial charge in [0.25, 0.3) is 0 Å². The highest BCUT2D eigenvalue weighted by Crippen LogP contribution is 2.60. The van der Waals surface area contributed by atoms with E-state index in [1.807, 2.05) is 0 Å². The molecule has 0 unspecified atom stereocenters. The summed E-state index contributed by atoms with van der Waals surface area (Å²) in [6.45, 7) is -1.10. The zero-order chi connectivity index (χ0) is 25.1. The minimum Gasteiger partial charge on any atom is -0.504 e. The highest BCUT2D eigenvalue weighted by atomic mass is 16.8. The molecule has 0 bridgehead atoms. The average Bonchev–Trinajstić information content (AvgIpc) is 3.53. The fraction of sp³-hybridized carbons (Fsp3) is 0.591. The third-order valence-electron chi connectivity index (χ3n) is 7.05. The van der Waals surface area contributed by atoms with Gasteiger partial charge in [0.1, 0.15) is 42.2 Å². The molecule has 1 aromatic carbocycles. The molecule has 13 heteroatoms. The number of hydrogen-bond donors (Lipinski definition) is 7. The molecule has 1 aromatic rings. The molecule has 7 N–H and O–H groups in total. The largest absolute Gasteiger partial charge is 0.504 e. The van der Waals surface area contributed by atoms with Crippen molar-refractivity contribution in [1.82, 2.24) is 0 Å². The Morgan fingerprint density at radius 1 is 1.03 bits per heavy atom. The first kappa shape index (κ1) is 24.2. The number of benzene rings is 1. The number of carbonyl (C=O) groups excluding carboxylic acids is 1. The van der Waals surface area contributed by atoms with Crippen LogP contribution in [0.1, 0.15) is 10.4 Å². The van der Waals surface area contributed by atoms with Gasteiger partial charge in [-0.3, -0.25) is 0 Å². The van der Waals surface area contributed by atoms with Crippen molar-refractivity contribution in [1.29, 1.82) is 0 Å². The zero-order valence-corrected chi connectivity index (χ0v) is 18.2. The van der Waals surface area contributed by atoms with Gasteiger partial charge in [0.05, 0.1) is 31.0 Å². The van der Waals surface area contributed by atoms with Crippen molar-refractivity contribution in [2.75, 3.05) is 13.2 Å². The van der Waals surface area contributed by atoms with Crippen LogP contribution in [0.3, 0.4) is 0 Å². The Morgan fingerprint density at radius 2 is 1.80 bits per heavy atom. The molecule has 5 rings (SSSR count). The Hall–Kier alpha value is -2.49. The first-order valence-corrected chi connectivity index (χ1v) is 11.0. The minimum atomic E-state index is -1.67. The fourth-order valence-corrected chi connectivity index (χ4v) is 5.13. The van der Waals surface area contributed by atoms with Gasteiger partial charge >= 0.3 is 5.97 Å². The molecular formula is C22H26O13. The van der Waals surface area contributed by atoms with Gasteiger partial charge in [0, 0.05) is 5.92 Å². The summed E-state index contributed by atoms with van der Waals surface area (Å²) in [6, 6.07) is 3.48. The number of carbonyl (C=O) groups is 1. The Kier molecular flexibility index (Phi) is 6.14. The van der Waals surface area contributed by atoms with Crippen LogP contribution in [-0.2, 0) is 23.7 Å². The van der Waals surface area contributed by atoms with Crippen LogP contribution < -0.4 is 0 Å². The number of fused-ring (bicyclic) bond motifs is 3. The van der Waals surface area contributed by atoms with E-state index in [1.54, 1.807) is 6.08 Å². The van der Waals surface area contributed by atoms with Crippen LogP contribution in [0.25, 0.3) is 0 Å². The monoisotopic (exact) mass is 498 g/mol. The number of epoxide rings is 1. The summed E-state index contributed by atoms with van der Waals surface area (Å²) >= 11 is 0. The van der Waals surface area contributed by atoms with Crippen LogP contribution in [0.15, 0.2) is 30.5 Å². The van der Waals surface area contributed by atoms with Gasteiger partial charge in [-0.1, -0.05) is 0 Å². The average molecular weight is 498 g/mol. The molecule has 3 aliphatic heterocycles. The number of phenolic OH excluding ortho intramolecular Hbond substituents is 2. The third kappa shape index (κ3) is 3.84. The maximum Gasteiger partial charge on any atom is 0.338 e. The van der Waals surface area contributed by atoms with Gasteiger partial charge in [0.2, 0.25) is 6.29 Å². The summed E-state index contributed by atoms with van der Waals surface area (Å²) in [4.78, 5) is 12.7. The van der Waals surface area contributed by atoms with Gasteiger partial charge in [0.15, 0.2) is 17.8 Å². The summed E-state index contributed by atoms with van der Waals surface area (Å²) in [7, 11) is 0. The molecule has 3 fully saturated rings. The van der Waals surface area contributed by atoms with Crippen LogP contribution in [-0.4, -0.2) is 110 Å². The smallest absolute Gasteiger partial charge is 0.338 e. The van der Waals surface area contributed by atoms with Crippen molar-refractivity contribution >= 4 is 5.97 Å². The predicted octanol–water partition coefficient (Wildman–Crippen LogP) is -2.31. The molecule has 3 heterocycles. The molecule has 2 saturated heterocycles. The standard InChI is InChI=1S/C22H26O13/c23-6-12-14(27)15(28)16(29)21(32-12)34-20-13-9(3-4-31-20)17(18-22(13,7-24)35-18)33-19(30)8-1-2-10(25)11(26)5-8/h1-5,9,12-18,20-21,23-29H,6-7H2/t9-,12+,13+,14+,15-,16+,17+,18-,20-,21+,22-/m0/s1. The SMILES string of the molecule is O=C(O[C@@H]1[C@H]2C=CO[C@@H](O[C@H]3O[C@H](CO)[C@@H](O)[C@H](O)[C@H]3O)[C@@H]2[C@]2(CO)O[C@@H]12)c1ccc(O)c(O)c1. The molecule has 0 radical (unpaired) electrons.